The molecule has 0 aliphatic carbocycles. The van der Waals surface area contributed by atoms with Crippen molar-refractivity contribution in [2.45, 2.75) is 26.0 Å². The van der Waals surface area contributed by atoms with Crippen LogP contribution in [0, 0.1) is 0 Å². The molecule has 2 heteroatoms. The first-order chi connectivity index (χ1) is 9.34. The molecule has 2 aromatic carbocycles. The molecule has 0 unspecified atom stereocenters. The normalized spacial score (nSPS) is 10.4. The van der Waals surface area contributed by atoms with Crippen LogP contribution in [0.5, 0.6) is 0 Å². The fourth-order valence-corrected chi connectivity index (χ4v) is 2.12. The van der Waals surface area contributed by atoms with E-state index in [2.05, 4.69) is 61.4 Å². The van der Waals surface area contributed by atoms with Gasteiger partial charge in [-0.2, -0.15) is 0 Å². The van der Waals surface area contributed by atoms with Gasteiger partial charge in [-0.1, -0.05) is 67.5 Å². The highest BCUT2D eigenvalue weighted by molar-refractivity contribution is 6.50. The third-order valence-electron chi connectivity index (χ3n) is 3.32. The van der Waals surface area contributed by atoms with E-state index in [1.807, 2.05) is 6.07 Å². The Hall–Kier alpha value is -1.54. The van der Waals surface area contributed by atoms with Crippen LogP contribution in [0.1, 0.15) is 11.1 Å². The van der Waals surface area contributed by atoms with E-state index in [-0.39, 0.29) is 0 Å². The summed E-state index contributed by atoms with van der Waals surface area (Å²) in [7, 11) is 0. The summed E-state index contributed by atoms with van der Waals surface area (Å²) >= 11 is 0. The van der Waals surface area contributed by atoms with Gasteiger partial charge in [0, 0.05) is 6.61 Å². The summed E-state index contributed by atoms with van der Waals surface area (Å²) in [6, 6.07) is 21.1. The Balaban J connectivity index is 1.64. The number of rotatable bonds is 7. The molecule has 0 aliphatic heterocycles. The van der Waals surface area contributed by atoms with Crippen molar-refractivity contribution >= 4 is 6.92 Å². The van der Waals surface area contributed by atoms with Gasteiger partial charge in [-0.15, -0.1) is 0 Å². The van der Waals surface area contributed by atoms with E-state index in [0.29, 0.717) is 6.92 Å². The van der Waals surface area contributed by atoms with Gasteiger partial charge in [0.1, 0.15) is 0 Å². The van der Waals surface area contributed by atoms with E-state index in [4.69, 9.17) is 4.65 Å². The molecule has 1 nitrogen and oxygen atoms in total. The second-order valence-corrected chi connectivity index (χ2v) is 4.94. The molecule has 0 saturated heterocycles. The second kappa shape index (κ2) is 7.80. The van der Waals surface area contributed by atoms with E-state index in [1.54, 1.807) is 0 Å². The molecule has 0 aliphatic rings. The lowest BCUT2D eigenvalue weighted by atomic mass is 9.66. The number of hydrogen-bond donors (Lipinski definition) is 0. The predicted molar refractivity (Wildman–Crippen MR) is 82.7 cm³/mol. The molecular formula is C17H21BO. The topological polar surface area (TPSA) is 9.23 Å². The molecule has 0 heterocycles. The summed E-state index contributed by atoms with van der Waals surface area (Å²) in [5, 5.41) is 0. The zero-order valence-corrected chi connectivity index (χ0v) is 11.6. The Morgan fingerprint density at radius 2 is 1.32 bits per heavy atom. The van der Waals surface area contributed by atoms with E-state index in [9.17, 15) is 0 Å². The van der Waals surface area contributed by atoms with Crippen LogP contribution >= 0.6 is 0 Å². The van der Waals surface area contributed by atoms with Gasteiger partial charge < -0.3 is 4.65 Å². The van der Waals surface area contributed by atoms with Crippen LogP contribution in [0.2, 0.25) is 13.1 Å². The van der Waals surface area contributed by atoms with Gasteiger partial charge >= 0.3 is 0 Å². The third-order valence-corrected chi connectivity index (χ3v) is 3.32. The Morgan fingerprint density at radius 1 is 0.789 bits per heavy atom. The Kier molecular flexibility index (Phi) is 5.70. The van der Waals surface area contributed by atoms with Gasteiger partial charge in [0.2, 0.25) is 0 Å². The molecule has 98 valence electrons. The van der Waals surface area contributed by atoms with Crippen LogP contribution < -0.4 is 0 Å². The predicted octanol–water partition coefficient (Wildman–Crippen LogP) is 4.11. The lowest BCUT2D eigenvalue weighted by Gasteiger charge is -2.10. The van der Waals surface area contributed by atoms with Crippen molar-refractivity contribution in [3.8, 4) is 0 Å². The van der Waals surface area contributed by atoms with Crippen molar-refractivity contribution in [3.63, 3.8) is 0 Å². The zero-order chi connectivity index (χ0) is 13.3. The largest absolute Gasteiger partial charge is 0.436 e. The molecule has 0 radical (unpaired) electrons. The molecule has 0 atom stereocenters. The molecule has 0 N–H and O–H groups in total. The minimum Gasteiger partial charge on any atom is -0.436 e. The Labute approximate surface area is 116 Å². The molecular weight excluding hydrogens is 231 g/mol. The van der Waals surface area contributed by atoms with Crippen molar-refractivity contribution in [2.24, 2.45) is 0 Å². The van der Waals surface area contributed by atoms with E-state index in [0.717, 1.165) is 25.8 Å². The lowest BCUT2D eigenvalue weighted by molar-refractivity contribution is 0.326. The maximum Gasteiger partial charge on any atom is 0.290 e. The number of hydrogen-bond acceptors (Lipinski definition) is 1. The van der Waals surface area contributed by atoms with Crippen molar-refractivity contribution < 1.29 is 4.65 Å². The monoisotopic (exact) mass is 252 g/mol. The SMILES string of the molecule is CB(CCc1ccccc1)OCCc1ccccc1. The van der Waals surface area contributed by atoms with Gasteiger partial charge in [-0.05, 0) is 30.3 Å². The second-order valence-electron chi connectivity index (χ2n) is 4.94. The summed E-state index contributed by atoms with van der Waals surface area (Å²) in [5.74, 6) is 0. The van der Waals surface area contributed by atoms with Crippen molar-refractivity contribution in [3.05, 3.63) is 71.8 Å². The van der Waals surface area contributed by atoms with E-state index >= 15 is 0 Å². The van der Waals surface area contributed by atoms with E-state index < -0.39 is 0 Å². The average molecular weight is 252 g/mol. The molecule has 2 rings (SSSR count). The summed E-state index contributed by atoms with van der Waals surface area (Å²) < 4.78 is 5.87. The summed E-state index contributed by atoms with van der Waals surface area (Å²) in [5.41, 5.74) is 2.73. The molecule has 2 aromatic rings. The molecule has 0 spiro atoms. The van der Waals surface area contributed by atoms with Gasteiger partial charge in [-0.3, -0.25) is 0 Å². The highest BCUT2D eigenvalue weighted by Gasteiger charge is 2.08. The molecule has 0 aromatic heterocycles. The van der Waals surface area contributed by atoms with Gasteiger partial charge in [0.15, 0.2) is 0 Å². The van der Waals surface area contributed by atoms with Gasteiger partial charge in [-0.25, -0.2) is 0 Å². The fourth-order valence-electron chi connectivity index (χ4n) is 2.12. The van der Waals surface area contributed by atoms with Crippen molar-refractivity contribution in [1.29, 1.82) is 0 Å². The maximum absolute atomic E-state index is 5.87. The highest BCUT2D eigenvalue weighted by atomic mass is 16.4. The van der Waals surface area contributed by atoms with Crippen molar-refractivity contribution in [2.75, 3.05) is 6.61 Å². The van der Waals surface area contributed by atoms with Crippen LogP contribution in [-0.2, 0) is 17.5 Å². The summed E-state index contributed by atoms with van der Waals surface area (Å²) in [6.07, 6.45) is 3.17. The first-order valence-electron chi connectivity index (χ1n) is 7.04. The minimum atomic E-state index is 0.323. The number of aryl methyl sites for hydroxylation is 1. The Bertz CT molecular complexity index is 455. The molecule has 19 heavy (non-hydrogen) atoms. The lowest BCUT2D eigenvalue weighted by Crippen LogP contribution is -2.16. The smallest absolute Gasteiger partial charge is 0.290 e. The quantitative estimate of drug-likeness (QED) is 0.674. The average Bonchev–Trinajstić information content (AvgIpc) is 2.47. The van der Waals surface area contributed by atoms with Gasteiger partial charge in [0.25, 0.3) is 6.92 Å². The number of benzene rings is 2. The van der Waals surface area contributed by atoms with Crippen molar-refractivity contribution in [1.82, 2.24) is 0 Å². The Morgan fingerprint density at radius 3 is 1.89 bits per heavy atom. The highest BCUT2D eigenvalue weighted by Crippen LogP contribution is 2.07. The minimum absolute atomic E-state index is 0.323. The standard InChI is InChI=1S/C17H21BO/c1-18(14-12-16-8-4-2-5-9-16)19-15-13-17-10-6-3-7-11-17/h2-11H,12-15H2,1H3. The molecule has 0 saturated carbocycles. The summed E-state index contributed by atoms with van der Waals surface area (Å²) in [6.45, 7) is 3.29. The summed E-state index contributed by atoms with van der Waals surface area (Å²) in [4.78, 5) is 0. The van der Waals surface area contributed by atoms with Crippen LogP contribution in [0.25, 0.3) is 0 Å². The zero-order valence-electron chi connectivity index (χ0n) is 11.6. The first kappa shape index (κ1) is 13.9. The van der Waals surface area contributed by atoms with Crippen LogP contribution in [-0.4, -0.2) is 13.5 Å². The van der Waals surface area contributed by atoms with Crippen LogP contribution in [0.3, 0.4) is 0 Å². The van der Waals surface area contributed by atoms with E-state index in [1.165, 1.54) is 11.1 Å². The molecule has 0 bridgehead atoms. The fraction of sp³-hybridized carbons (Fsp3) is 0.294. The first-order valence-corrected chi connectivity index (χ1v) is 7.04. The van der Waals surface area contributed by atoms with Crippen LogP contribution in [0.15, 0.2) is 60.7 Å². The molecule has 0 amide bonds. The maximum atomic E-state index is 5.87. The molecule has 0 fully saturated rings. The van der Waals surface area contributed by atoms with Crippen LogP contribution in [0.4, 0.5) is 0 Å². The van der Waals surface area contributed by atoms with Gasteiger partial charge in [0.05, 0.1) is 0 Å². The third kappa shape index (κ3) is 5.31.